The quantitative estimate of drug-likeness (QED) is 0.151. The van der Waals surface area contributed by atoms with Crippen molar-refractivity contribution in [2.24, 2.45) is 5.41 Å². The van der Waals surface area contributed by atoms with Crippen LogP contribution < -0.4 is 0 Å². The van der Waals surface area contributed by atoms with E-state index in [9.17, 15) is 9.90 Å². The molecule has 0 bridgehead atoms. The van der Waals surface area contributed by atoms with Crippen LogP contribution in [0, 0.1) is 5.41 Å². The first kappa shape index (κ1) is 30.7. The number of carbonyl (C=O) groups excluding carboxylic acids is 1. The summed E-state index contributed by atoms with van der Waals surface area (Å²) in [6.45, 7) is 9.37. The minimum Gasteiger partial charge on any atom is -0.466 e. The van der Waals surface area contributed by atoms with Crippen molar-refractivity contribution in [2.45, 2.75) is 142 Å². The van der Waals surface area contributed by atoms with Crippen LogP contribution in [0.25, 0.3) is 0 Å². The second kappa shape index (κ2) is 18.9. The fraction of sp³-hybridized carbons (Fsp3) is 0.774. The van der Waals surface area contributed by atoms with E-state index in [-0.39, 0.29) is 12.1 Å². The molecule has 0 radical (unpaired) electrons. The summed E-state index contributed by atoms with van der Waals surface area (Å²) in [7, 11) is 0. The average Bonchev–Trinajstić information content (AvgIpc) is 2.81. The predicted molar refractivity (Wildman–Crippen MR) is 145 cm³/mol. The minimum atomic E-state index is -0.244. The highest BCUT2D eigenvalue weighted by atomic mass is 16.5. The Hall–Kier alpha value is -1.35. The lowest BCUT2D eigenvalue weighted by Gasteiger charge is -2.31. The molecule has 2 atom stereocenters. The van der Waals surface area contributed by atoms with Gasteiger partial charge in [0, 0.05) is 6.42 Å². The summed E-state index contributed by atoms with van der Waals surface area (Å²) < 4.78 is 5.05. The molecule has 0 fully saturated rings. The van der Waals surface area contributed by atoms with Crippen molar-refractivity contribution in [3.63, 3.8) is 0 Å². The molecule has 1 aromatic rings. The lowest BCUT2D eigenvalue weighted by Crippen LogP contribution is -2.18. The van der Waals surface area contributed by atoms with E-state index in [2.05, 4.69) is 51.1 Å². The van der Waals surface area contributed by atoms with Gasteiger partial charge >= 0.3 is 5.97 Å². The molecule has 0 heterocycles. The number of ether oxygens (including phenoxy) is 1. The van der Waals surface area contributed by atoms with Crippen LogP contribution in [-0.2, 0) is 9.53 Å². The topological polar surface area (TPSA) is 46.5 Å². The molecule has 1 N–H and O–H groups in total. The highest BCUT2D eigenvalue weighted by Gasteiger charge is 2.25. The molecular weight excluding hydrogens is 420 g/mol. The number of aliphatic hydroxyl groups is 1. The number of aliphatic hydroxyl groups excluding tert-OH is 1. The van der Waals surface area contributed by atoms with Crippen LogP contribution in [0.15, 0.2) is 30.3 Å². The summed E-state index contributed by atoms with van der Waals surface area (Å²) in [5, 5.41) is 10.0. The molecule has 0 aliphatic carbocycles. The van der Waals surface area contributed by atoms with Crippen molar-refractivity contribution in [3.8, 4) is 0 Å². The smallest absolute Gasteiger partial charge is 0.305 e. The zero-order valence-corrected chi connectivity index (χ0v) is 22.8. The van der Waals surface area contributed by atoms with Gasteiger partial charge in [-0.05, 0) is 42.6 Å². The Balaban J connectivity index is 1.92. The van der Waals surface area contributed by atoms with Gasteiger partial charge in [0.1, 0.15) is 0 Å². The molecular formula is C31H54O3. The SMILES string of the molecule is CCC(=O)OCCCC(O)CCCCCCCCCCCCCC(c1ccccc1)C(C)(C)C. The van der Waals surface area contributed by atoms with Gasteiger partial charge in [-0.2, -0.15) is 0 Å². The molecule has 0 saturated carbocycles. The van der Waals surface area contributed by atoms with E-state index in [4.69, 9.17) is 4.74 Å². The molecule has 2 unspecified atom stereocenters. The lowest BCUT2D eigenvalue weighted by molar-refractivity contribution is -0.143. The third kappa shape index (κ3) is 15.5. The third-order valence-corrected chi connectivity index (χ3v) is 7.01. The Labute approximate surface area is 211 Å². The average molecular weight is 475 g/mol. The largest absolute Gasteiger partial charge is 0.466 e. The summed E-state index contributed by atoms with van der Waals surface area (Å²) in [5.41, 5.74) is 1.82. The zero-order chi connectivity index (χ0) is 25.1. The molecule has 34 heavy (non-hydrogen) atoms. The van der Waals surface area contributed by atoms with Crippen molar-refractivity contribution < 1.29 is 14.6 Å². The lowest BCUT2D eigenvalue weighted by atomic mass is 9.74. The Morgan fingerprint density at radius 1 is 0.765 bits per heavy atom. The van der Waals surface area contributed by atoms with Crippen LogP contribution in [0.5, 0.6) is 0 Å². The van der Waals surface area contributed by atoms with E-state index < -0.39 is 0 Å². The fourth-order valence-electron chi connectivity index (χ4n) is 4.86. The van der Waals surface area contributed by atoms with Gasteiger partial charge in [-0.1, -0.05) is 129 Å². The first-order valence-corrected chi connectivity index (χ1v) is 14.2. The minimum absolute atomic E-state index is 0.150. The summed E-state index contributed by atoms with van der Waals surface area (Å²) in [4.78, 5) is 11.1. The summed E-state index contributed by atoms with van der Waals surface area (Å²) >= 11 is 0. The number of esters is 1. The normalized spacial score (nSPS) is 13.6. The molecule has 196 valence electrons. The first-order valence-electron chi connectivity index (χ1n) is 14.2. The Morgan fingerprint density at radius 3 is 1.74 bits per heavy atom. The number of hydrogen-bond donors (Lipinski definition) is 1. The highest BCUT2D eigenvalue weighted by Crippen LogP contribution is 2.38. The number of benzene rings is 1. The van der Waals surface area contributed by atoms with Gasteiger partial charge in [-0.25, -0.2) is 0 Å². The molecule has 0 aliphatic rings. The van der Waals surface area contributed by atoms with Gasteiger partial charge in [0.15, 0.2) is 0 Å². The van der Waals surface area contributed by atoms with Crippen molar-refractivity contribution >= 4 is 5.97 Å². The highest BCUT2D eigenvalue weighted by molar-refractivity contribution is 5.68. The number of unbranched alkanes of at least 4 members (excludes halogenated alkanes) is 10. The van der Waals surface area contributed by atoms with Gasteiger partial charge in [0.05, 0.1) is 12.7 Å². The Morgan fingerprint density at radius 2 is 1.24 bits per heavy atom. The first-order chi connectivity index (χ1) is 16.3. The van der Waals surface area contributed by atoms with Crippen LogP contribution in [0.1, 0.15) is 142 Å². The molecule has 3 heteroatoms. The maximum atomic E-state index is 11.1. The summed E-state index contributed by atoms with van der Waals surface area (Å²) in [5.74, 6) is 0.503. The van der Waals surface area contributed by atoms with Crippen LogP contribution in [0.3, 0.4) is 0 Å². The van der Waals surface area contributed by atoms with Crippen molar-refractivity contribution in [3.05, 3.63) is 35.9 Å². The number of rotatable bonds is 20. The fourth-order valence-corrected chi connectivity index (χ4v) is 4.86. The van der Waals surface area contributed by atoms with E-state index in [0.29, 0.717) is 24.4 Å². The summed E-state index contributed by atoms with van der Waals surface area (Å²) in [6.07, 6.45) is 18.4. The van der Waals surface area contributed by atoms with Crippen molar-refractivity contribution in [1.29, 1.82) is 0 Å². The molecule has 0 amide bonds. The van der Waals surface area contributed by atoms with Gasteiger partial charge in [-0.3, -0.25) is 4.79 Å². The zero-order valence-electron chi connectivity index (χ0n) is 22.8. The summed E-state index contributed by atoms with van der Waals surface area (Å²) in [6, 6.07) is 11.1. The molecule has 0 saturated heterocycles. The van der Waals surface area contributed by atoms with E-state index in [1.165, 1.54) is 76.2 Å². The van der Waals surface area contributed by atoms with Crippen LogP contribution in [0.2, 0.25) is 0 Å². The van der Waals surface area contributed by atoms with Crippen LogP contribution in [0.4, 0.5) is 0 Å². The monoisotopic (exact) mass is 474 g/mol. The third-order valence-electron chi connectivity index (χ3n) is 7.01. The number of carbonyl (C=O) groups is 1. The van der Waals surface area contributed by atoms with Crippen LogP contribution >= 0.6 is 0 Å². The Bertz CT molecular complexity index is 605. The Kier molecular flexibility index (Phi) is 17.1. The van der Waals surface area contributed by atoms with Gasteiger partial charge in [0.25, 0.3) is 0 Å². The molecule has 1 rings (SSSR count). The predicted octanol–water partition coefficient (Wildman–Crippen LogP) is 8.98. The molecule has 0 aliphatic heterocycles. The molecule has 0 aromatic heterocycles. The number of hydrogen-bond acceptors (Lipinski definition) is 3. The van der Waals surface area contributed by atoms with E-state index in [0.717, 1.165) is 25.7 Å². The standard InChI is InChI=1S/C31H54O3/c1-5-30(33)34-26-20-24-28(32)23-18-13-11-9-7-6-8-10-12-14-19-25-29(31(2,3)4)27-21-16-15-17-22-27/h15-17,21-22,28-29,32H,5-14,18-20,23-26H2,1-4H3. The van der Waals surface area contributed by atoms with Gasteiger partial charge in [0.2, 0.25) is 0 Å². The second-order valence-electron chi connectivity index (χ2n) is 11.2. The van der Waals surface area contributed by atoms with Crippen LogP contribution in [-0.4, -0.2) is 23.8 Å². The van der Waals surface area contributed by atoms with E-state index in [1.807, 2.05) is 0 Å². The van der Waals surface area contributed by atoms with E-state index in [1.54, 1.807) is 6.92 Å². The molecule has 1 aromatic carbocycles. The van der Waals surface area contributed by atoms with E-state index >= 15 is 0 Å². The van der Waals surface area contributed by atoms with Gasteiger partial charge < -0.3 is 9.84 Å². The van der Waals surface area contributed by atoms with Crippen molar-refractivity contribution in [1.82, 2.24) is 0 Å². The maximum Gasteiger partial charge on any atom is 0.305 e. The molecule has 0 spiro atoms. The van der Waals surface area contributed by atoms with Crippen molar-refractivity contribution in [2.75, 3.05) is 6.61 Å². The second-order valence-corrected chi connectivity index (χ2v) is 11.2. The molecule has 3 nitrogen and oxygen atoms in total. The maximum absolute atomic E-state index is 11.1. The van der Waals surface area contributed by atoms with Gasteiger partial charge in [-0.15, -0.1) is 0 Å².